The molecule has 0 fully saturated rings. The lowest BCUT2D eigenvalue weighted by Gasteiger charge is -2.12. The first kappa shape index (κ1) is 28.0. The van der Waals surface area contributed by atoms with Gasteiger partial charge in [0.05, 0.1) is 16.9 Å². The lowest BCUT2D eigenvalue weighted by Crippen LogP contribution is -1.98. The quantitative estimate of drug-likeness (QED) is 0.197. The standard InChI is InChI=1S/C42H27N3O2S/c46-37-26-40-34(33-16-7-8-20-39(33)48-40)25-38(37)47-42-44-41-32(17-11-19-36(41)45(42)31-14-5-2-6-15-31)29-22-28(27-12-3-1-4-13-27)23-30(24-29)35-18-9-10-21-43-35/h1-26,46H. The number of fused-ring (bicyclic) bond motifs is 4. The summed E-state index contributed by atoms with van der Waals surface area (Å²) in [7, 11) is 0. The number of hydrogen-bond donors (Lipinski definition) is 1. The molecular weight excluding hydrogens is 611 g/mol. The Hall–Kier alpha value is -6.24. The third-order valence-electron chi connectivity index (χ3n) is 8.64. The van der Waals surface area contributed by atoms with E-state index in [9.17, 15) is 5.11 Å². The highest BCUT2D eigenvalue weighted by molar-refractivity contribution is 7.25. The largest absolute Gasteiger partial charge is 0.504 e. The van der Waals surface area contributed by atoms with Crippen molar-refractivity contribution in [3.05, 3.63) is 158 Å². The van der Waals surface area contributed by atoms with Crippen molar-refractivity contribution in [3.63, 3.8) is 0 Å². The number of aromatic nitrogens is 3. The van der Waals surface area contributed by atoms with Gasteiger partial charge in [-0.2, -0.15) is 4.98 Å². The monoisotopic (exact) mass is 637 g/mol. The summed E-state index contributed by atoms with van der Waals surface area (Å²) in [6.07, 6.45) is 1.82. The van der Waals surface area contributed by atoms with E-state index in [-0.39, 0.29) is 5.75 Å². The number of benzene rings is 6. The molecule has 9 rings (SSSR count). The number of thiophene rings is 1. The Morgan fingerprint density at radius 1 is 0.583 bits per heavy atom. The molecule has 6 aromatic carbocycles. The summed E-state index contributed by atoms with van der Waals surface area (Å²) in [5, 5.41) is 13.3. The van der Waals surface area contributed by atoms with E-state index < -0.39 is 0 Å². The number of phenols is 1. The Bertz CT molecular complexity index is 2540. The number of aromatic hydroxyl groups is 1. The minimum atomic E-state index is 0.0662. The normalized spacial score (nSPS) is 11.4. The van der Waals surface area contributed by atoms with Crippen LogP contribution in [0.2, 0.25) is 0 Å². The maximum Gasteiger partial charge on any atom is 0.307 e. The van der Waals surface area contributed by atoms with Crippen molar-refractivity contribution < 1.29 is 9.84 Å². The number of nitrogens with zero attached hydrogens (tertiary/aromatic N) is 3. The van der Waals surface area contributed by atoms with Gasteiger partial charge in [0.25, 0.3) is 0 Å². The Balaban J connectivity index is 1.25. The van der Waals surface area contributed by atoms with Gasteiger partial charge in [-0.3, -0.25) is 9.55 Å². The molecule has 0 amide bonds. The van der Waals surface area contributed by atoms with Crippen molar-refractivity contribution in [1.29, 1.82) is 0 Å². The Kier molecular flexibility index (Phi) is 6.73. The fraction of sp³-hybridized carbons (Fsp3) is 0. The molecule has 228 valence electrons. The first-order valence-corrected chi connectivity index (χ1v) is 16.5. The van der Waals surface area contributed by atoms with Crippen LogP contribution in [0.15, 0.2) is 158 Å². The second kappa shape index (κ2) is 11.5. The van der Waals surface area contributed by atoms with E-state index in [0.717, 1.165) is 70.4 Å². The number of rotatable bonds is 6. The first-order chi connectivity index (χ1) is 23.7. The summed E-state index contributed by atoms with van der Waals surface area (Å²) in [5.41, 5.74) is 8.68. The molecule has 0 aliphatic heterocycles. The zero-order valence-corrected chi connectivity index (χ0v) is 26.4. The van der Waals surface area contributed by atoms with Crippen LogP contribution >= 0.6 is 11.3 Å². The molecule has 0 saturated carbocycles. The molecular formula is C42H27N3O2S. The minimum Gasteiger partial charge on any atom is -0.504 e. The molecule has 48 heavy (non-hydrogen) atoms. The molecule has 5 nitrogen and oxygen atoms in total. The minimum absolute atomic E-state index is 0.0662. The Morgan fingerprint density at radius 2 is 1.33 bits per heavy atom. The van der Waals surface area contributed by atoms with E-state index in [2.05, 4.69) is 77.8 Å². The molecule has 0 spiro atoms. The molecule has 6 heteroatoms. The van der Waals surface area contributed by atoms with E-state index in [1.165, 1.54) is 0 Å². The fourth-order valence-corrected chi connectivity index (χ4v) is 7.51. The molecule has 0 bridgehead atoms. The SMILES string of the molecule is Oc1cc2sc3ccccc3c2cc1Oc1nc2c(-c3cc(-c4ccccc4)cc(-c4ccccn4)c3)cccc2n1-c1ccccc1. The molecule has 0 unspecified atom stereocenters. The summed E-state index contributed by atoms with van der Waals surface area (Å²) < 4.78 is 10.8. The topological polar surface area (TPSA) is 60.2 Å². The van der Waals surface area contributed by atoms with E-state index in [1.807, 2.05) is 83.6 Å². The van der Waals surface area contributed by atoms with Crippen LogP contribution in [0.3, 0.4) is 0 Å². The summed E-state index contributed by atoms with van der Waals surface area (Å²) in [6, 6.07) is 51.5. The second-order valence-electron chi connectivity index (χ2n) is 11.6. The number of phenolic OH excluding ortho intramolecular Hbond substituents is 1. The van der Waals surface area contributed by atoms with Crippen molar-refractivity contribution in [2.75, 3.05) is 0 Å². The van der Waals surface area contributed by atoms with Crippen LogP contribution in [0.1, 0.15) is 0 Å². The Morgan fingerprint density at radius 3 is 2.17 bits per heavy atom. The highest BCUT2D eigenvalue weighted by Gasteiger charge is 2.21. The van der Waals surface area contributed by atoms with E-state index in [4.69, 9.17) is 9.72 Å². The smallest absolute Gasteiger partial charge is 0.307 e. The van der Waals surface area contributed by atoms with E-state index >= 15 is 0 Å². The highest BCUT2D eigenvalue weighted by atomic mass is 32.1. The van der Waals surface area contributed by atoms with Crippen LogP contribution in [0.25, 0.3) is 70.4 Å². The maximum atomic E-state index is 11.2. The van der Waals surface area contributed by atoms with Crippen LogP contribution in [0.5, 0.6) is 17.5 Å². The van der Waals surface area contributed by atoms with Gasteiger partial charge in [-0.25, -0.2) is 0 Å². The zero-order chi connectivity index (χ0) is 32.0. The lowest BCUT2D eigenvalue weighted by atomic mass is 9.94. The van der Waals surface area contributed by atoms with Crippen molar-refractivity contribution in [3.8, 4) is 56.7 Å². The number of ether oxygens (including phenoxy) is 1. The van der Waals surface area contributed by atoms with Crippen LogP contribution < -0.4 is 4.74 Å². The third-order valence-corrected chi connectivity index (χ3v) is 9.77. The predicted molar refractivity (Wildman–Crippen MR) is 196 cm³/mol. The number of pyridine rings is 1. The number of hydrogen-bond acceptors (Lipinski definition) is 5. The van der Waals surface area contributed by atoms with Gasteiger partial charge >= 0.3 is 6.01 Å². The average molecular weight is 638 g/mol. The molecule has 0 radical (unpaired) electrons. The van der Waals surface area contributed by atoms with Crippen LogP contribution in [0.4, 0.5) is 0 Å². The second-order valence-corrected chi connectivity index (χ2v) is 12.7. The van der Waals surface area contributed by atoms with Gasteiger partial charge in [-0.05, 0) is 77.4 Å². The maximum absolute atomic E-state index is 11.2. The molecule has 3 aromatic heterocycles. The third kappa shape index (κ3) is 4.87. The van der Waals surface area contributed by atoms with Gasteiger partial charge in [-0.15, -0.1) is 11.3 Å². The van der Waals surface area contributed by atoms with Crippen molar-refractivity contribution >= 4 is 42.5 Å². The van der Waals surface area contributed by atoms with Crippen LogP contribution in [-0.2, 0) is 0 Å². The summed E-state index contributed by atoms with van der Waals surface area (Å²) >= 11 is 1.65. The van der Waals surface area contributed by atoms with Gasteiger partial charge in [0.1, 0.15) is 5.52 Å². The molecule has 0 aliphatic carbocycles. The van der Waals surface area contributed by atoms with E-state index in [1.54, 1.807) is 17.4 Å². The molecule has 0 saturated heterocycles. The molecule has 1 N–H and O–H groups in total. The van der Waals surface area contributed by atoms with Crippen LogP contribution in [0, 0.1) is 0 Å². The van der Waals surface area contributed by atoms with Gasteiger partial charge < -0.3 is 9.84 Å². The number of para-hydroxylation sites is 2. The van der Waals surface area contributed by atoms with Gasteiger partial charge in [0, 0.05) is 43.6 Å². The molecule has 0 atom stereocenters. The van der Waals surface area contributed by atoms with Crippen molar-refractivity contribution in [2.45, 2.75) is 0 Å². The summed E-state index contributed by atoms with van der Waals surface area (Å²) in [4.78, 5) is 9.82. The average Bonchev–Trinajstić information content (AvgIpc) is 3.70. The van der Waals surface area contributed by atoms with E-state index in [0.29, 0.717) is 11.8 Å². The molecule has 3 heterocycles. The summed E-state index contributed by atoms with van der Waals surface area (Å²) in [6.45, 7) is 0. The zero-order valence-electron chi connectivity index (χ0n) is 25.6. The van der Waals surface area contributed by atoms with Crippen molar-refractivity contribution in [1.82, 2.24) is 14.5 Å². The summed E-state index contributed by atoms with van der Waals surface area (Å²) in [5.74, 6) is 0.417. The first-order valence-electron chi connectivity index (χ1n) is 15.7. The molecule has 0 aliphatic rings. The highest BCUT2D eigenvalue weighted by Crippen LogP contribution is 2.43. The van der Waals surface area contributed by atoms with Crippen LogP contribution in [-0.4, -0.2) is 19.6 Å². The van der Waals surface area contributed by atoms with Gasteiger partial charge in [-0.1, -0.05) is 84.9 Å². The lowest BCUT2D eigenvalue weighted by molar-refractivity contribution is 0.390. The fourth-order valence-electron chi connectivity index (χ4n) is 6.39. The van der Waals surface area contributed by atoms with Gasteiger partial charge in [0.15, 0.2) is 11.5 Å². The Labute approximate surface area is 280 Å². The number of imidazole rings is 1. The van der Waals surface area contributed by atoms with Crippen molar-refractivity contribution in [2.24, 2.45) is 0 Å². The predicted octanol–water partition coefficient (Wildman–Crippen LogP) is 11.3. The molecule has 9 aromatic rings. The van der Waals surface area contributed by atoms with Gasteiger partial charge in [0.2, 0.25) is 0 Å².